The van der Waals surface area contributed by atoms with E-state index < -0.39 is 30.3 Å². The van der Waals surface area contributed by atoms with E-state index in [0.29, 0.717) is 0 Å². The van der Waals surface area contributed by atoms with Gasteiger partial charge in [0.15, 0.2) is 0 Å². The van der Waals surface area contributed by atoms with E-state index in [2.05, 4.69) is 0 Å². The van der Waals surface area contributed by atoms with E-state index >= 15 is 0 Å². The number of nitrogens with zero attached hydrogens (tertiary/aromatic N) is 1. The third-order valence-corrected chi connectivity index (χ3v) is 2.86. The van der Waals surface area contributed by atoms with Crippen molar-refractivity contribution in [1.82, 2.24) is 10.4 Å². The SMILES string of the molecule is CC(C)N1C[C@@H](O)[C@H](O)[C@@H](O)[C@@H]1C(=O)NO. The fourth-order valence-corrected chi connectivity index (χ4v) is 1.95. The van der Waals surface area contributed by atoms with E-state index in [1.165, 1.54) is 10.4 Å². The molecule has 1 rings (SSSR count). The van der Waals surface area contributed by atoms with Gasteiger partial charge in [-0.15, -0.1) is 0 Å². The zero-order valence-electron chi connectivity index (χ0n) is 9.24. The van der Waals surface area contributed by atoms with Gasteiger partial charge in [0.25, 0.3) is 5.91 Å². The van der Waals surface area contributed by atoms with E-state index in [0.717, 1.165) is 0 Å². The van der Waals surface area contributed by atoms with Crippen LogP contribution < -0.4 is 5.48 Å². The Morgan fingerprint density at radius 3 is 2.31 bits per heavy atom. The molecule has 16 heavy (non-hydrogen) atoms. The first kappa shape index (κ1) is 13.3. The van der Waals surface area contributed by atoms with Gasteiger partial charge < -0.3 is 15.3 Å². The molecule has 1 aliphatic rings. The van der Waals surface area contributed by atoms with Gasteiger partial charge in [0, 0.05) is 12.6 Å². The zero-order valence-corrected chi connectivity index (χ0v) is 9.24. The Kier molecular flexibility index (Phi) is 4.22. The molecule has 0 spiro atoms. The number of hydrogen-bond acceptors (Lipinski definition) is 6. The second kappa shape index (κ2) is 5.07. The molecule has 5 N–H and O–H groups in total. The van der Waals surface area contributed by atoms with Crippen molar-refractivity contribution in [2.24, 2.45) is 0 Å². The Hall–Kier alpha value is -0.730. The molecule has 1 fully saturated rings. The summed E-state index contributed by atoms with van der Waals surface area (Å²) in [5.41, 5.74) is 1.45. The number of carbonyl (C=O) groups is 1. The van der Waals surface area contributed by atoms with E-state index in [4.69, 9.17) is 5.21 Å². The third kappa shape index (κ3) is 2.33. The number of aliphatic hydroxyl groups excluding tert-OH is 3. The van der Waals surface area contributed by atoms with Gasteiger partial charge >= 0.3 is 0 Å². The lowest BCUT2D eigenvalue weighted by atomic mass is 9.92. The molecule has 0 aromatic rings. The molecular formula is C9H18N2O5. The number of aliphatic hydroxyl groups is 3. The van der Waals surface area contributed by atoms with E-state index in [1.54, 1.807) is 13.8 Å². The average Bonchev–Trinajstić information content (AvgIpc) is 2.24. The van der Waals surface area contributed by atoms with E-state index in [9.17, 15) is 20.1 Å². The van der Waals surface area contributed by atoms with Crippen LogP contribution in [0.4, 0.5) is 0 Å². The molecule has 0 aromatic heterocycles. The summed E-state index contributed by atoms with van der Waals surface area (Å²) in [6, 6.07) is -1.18. The van der Waals surface area contributed by atoms with Crippen LogP contribution in [-0.4, -0.2) is 68.3 Å². The third-order valence-electron chi connectivity index (χ3n) is 2.86. The number of piperidine rings is 1. The van der Waals surface area contributed by atoms with Crippen molar-refractivity contribution >= 4 is 5.91 Å². The topological polar surface area (TPSA) is 113 Å². The van der Waals surface area contributed by atoms with Crippen molar-refractivity contribution in [1.29, 1.82) is 0 Å². The summed E-state index contributed by atoms with van der Waals surface area (Å²) in [6.07, 6.45) is -3.93. The number of carbonyl (C=O) groups excluding carboxylic acids is 1. The Morgan fingerprint density at radius 1 is 1.31 bits per heavy atom. The second-order valence-electron chi connectivity index (χ2n) is 4.26. The maximum Gasteiger partial charge on any atom is 0.263 e. The minimum absolute atomic E-state index is 0.0635. The highest BCUT2D eigenvalue weighted by Gasteiger charge is 2.45. The van der Waals surface area contributed by atoms with Gasteiger partial charge in [-0.05, 0) is 13.8 Å². The second-order valence-corrected chi connectivity index (χ2v) is 4.26. The number of likely N-dealkylation sites (tertiary alicyclic amines) is 1. The first-order valence-electron chi connectivity index (χ1n) is 5.14. The van der Waals surface area contributed by atoms with E-state index in [1.807, 2.05) is 0 Å². The highest BCUT2D eigenvalue weighted by molar-refractivity contribution is 5.81. The lowest BCUT2D eigenvalue weighted by Gasteiger charge is -2.44. The standard InChI is InChI=1S/C9H18N2O5/c1-4(2)11-3-5(12)7(13)8(14)6(11)9(15)10-16/h4-8,12-14,16H,3H2,1-2H3,(H,10,15)/t5-,6-,7+,8+/m1/s1. The molecule has 94 valence electrons. The molecule has 1 aliphatic heterocycles. The normalized spacial score (nSPS) is 36.4. The van der Waals surface area contributed by atoms with Crippen molar-refractivity contribution in [2.75, 3.05) is 6.54 Å². The molecule has 0 aromatic carbocycles. The molecule has 1 amide bonds. The van der Waals surface area contributed by atoms with Gasteiger partial charge in [-0.25, -0.2) is 5.48 Å². The van der Waals surface area contributed by atoms with Gasteiger partial charge in [-0.1, -0.05) is 0 Å². The molecule has 1 heterocycles. The quantitative estimate of drug-likeness (QED) is 0.270. The molecule has 0 unspecified atom stereocenters. The number of nitrogens with one attached hydrogen (secondary N) is 1. The minimum Gasteiger partial charge on any atom is -0.389 e. The predicted molar refractivity (Wildman–Crippen MR) is 53.6 cm³/mol. The molecule has 0 aliphatic carbocycles. The van der Waals surface area contributed by atoms with Gasteiger partial charge in [0.05, 0.1) is 6.10 Å². The van der Waals surface area contributed by atoms with Crippen LogP contribution in [0, 0.1) is 0 Å². The van der Waals surface area contributed by atoms with Crippen molar-refractivity contribution in [3.63, 3.8) is 0 Å². The molecule has 7 heteroatoms. The summed E-state index contributed by atoms with van der Waals surface area (Å²) in [5.74, 6) is -0.799. The molecular weight excluding hydrogens is 216 g/mol. The van der Waals surface area contributed by atoms with Crippen LogP contribution in [0.1, 0.15) is 13.8 Å². The fraction of sp³-hybridized carbons (Fsp3) is 0.889. The van der Waals surface area contributed by atoms with Gasteiger partial charge in [0.2, 0.25) is 0 Å². The van der Waals surface area contributed by atoms with Crippen LogP contribution in [0.25, 0.3) is 0 Å². The predicted octanol–water partition coefficient (Wildman–Crippen LogP) is -2.33. The van der Waals surface area contributed by atoms with E-state index in [-0.39, 0.29) is 12.6 Å². The molecule has 0 saturated carbocycles. The molecule has 0 bridgehead atoms. The number of hydrogen-bond donors (Lipinski definition) is 5. The summed E-state index contributed by atoms with van der Waals surface area (Å²) < 4.78 is 0. The lowest BCUT2D eigenvalue weighted by molar-refractivity contribution is -0.167. The maximum atomic E-state index is 11.4. The molecule has 0 radical (unpaired) electrons. The lowest BCUT2D eigenvalue weighted by Crippen LogP contribution is -2.66. The smallest absolute Gasteiger partial charge is 0.263 e. The average molecular weight is 234 g/mol. The highest BCUT2D eigenvalue weighted by Crippen LogP contribution is 2.21. The van der Waals surface area contributed by atoms with Crippen LogP contribution in [-0.2, 0) is 4.79 Å². The number of β-amino-alcohol motifs (C(OH)–C–C–N with tert-alkyl or cyclic N) is 1. The monoisotopic (exact) mass is 234 g/mol. The van der Waals surface area contributed by atoms with Gasteiger partial charge in [-0.2, -0.15) is 0 Å². The van der Waals surface area contributed by atoms with Crippen molar-refractivity contribution in [3.05, 3.63) is 0 Å². The van der Waals surface area contributed by atoms with Crippen LogP contribution in [0.15, 0.2) is 0 Å². The summed E-state index contributed by atoms with van der Waals surface area (Å²) in [5, 5.41) is 37.2. The van der Waals surface area contributed by atoms with Crippen LogP contribution in [0.3, 0.4) is 0 Å². The molecule has 4 atom stereocenters. The maximum absolute atomic E-state index is 11.4. The summed E-state index contributed by atoms with van der Waals surface area (Å²) in [7, 11) is 0. The summed E-state index contributed by atoms with van der Waals surface area (Å²) in [6.45, 7) is 3.64. The van der Waals surface area contributed by atoms with Crippen molar-refractivity contribution in [3.8, 4) is 0 Å². The van der Waals surface area contributed by atoms with Crippen LogP contribution >= 0.6 is 0 Å². The molecule has 7 nitrogen and oxygen atoms in total. The van der Waals surface area contributed by atoms with Crippen molar-refractivity contribution in [2.45, 2.75) is 44.2 Å². The van der Waals surface area contributed by atoms with Gasteiger partial charge in [-0.3, -0.25) is 14.9 Å². The largest absolute Gasteiger partial charge is 0.389 e. The van der Waals surface area contributed by atoms with Crippen LogP contribution in [0.2, 0.25) is 0 Å². The van der Waals surface area contributed by atoms with Gasteiger partial charge in [0.1, 0.15) is 18.2 Å². The minimum atomic E-state index is -1.43. The first-order valence-corrected chi connectivity index (χ1v) is 5.14. The Bertz CT molecular complexity index is 260. The Balaban J connectivity index is 2.93. The first-order chi connectivity index (χ1) is 7.40. The highest BCUT2D eigenvalue weighted by atomic mass is 16.5. The number of hydroxylamine groups is 1. The fourth-order valence-electron chi connectivity index (χ4n) is 1.95. The summed E-state index contributed by atoms with van der Waals surface area (Å²) >= 11 is 0. The molecule has 1 saturated heterocycles. The van der Waals surface area contributed by atoms with Crippen molar-refractivity contribution < 1.29 is 25.3 Å². The van der Waals surface area contributed by atoms with Crippen LogP contribution in [0.5, 0.6) is 0 Å². The number of amides is 1. The number of rotatable bonds is 2. The Morgan fingerprint density at radius 2 is 1.88 bits per heavy atom. The Labute approximate surface area is 93.3 Å². The summed E-state index contributed by atoms with van der Waals surface area (Å²) in [4.78, 5) is 12.9. The zero-order chi connectivity index (χ0) is 12.5.